The van der Waals surface area contributed by atoms with Crippen LogP contribution in [0, 0.1) is 0 Å². The maximum absolute atomic E-state index is 10.7. The largest absolute Gasteiger partial charge is 1.00 e. The molecule has 0 radical (unpaired) electrons. The number of thioether (sulfide) groups is 2. The molecule has 0 saturated carbocycles. The fourth-order valence-corrected chi connectivity index (χ4v) is 6.54. The van der Waals surface area contributed by atoms with Crippen molar-refractivity contribution in [2.24, 2.45) is 0 Å². The van der Waals surface area contributed by atoms with Crippen molar-refractivity contribution >= 4 is 56.3 Å². The monoisotopic (exact) mass is 549 g/mol. The van der Waals surface area contributed by atoms with Gasteiger partial charge in [0.05, 0.1) is 21.5 Å². The average Bonchev–Trinajstić information content (AvgIpc) is 2.86. The molecule has 5 nitrogen and oxygen atoms in total. The Balaban J connectivity index is 0.00000361. The van der Waals surface area contributed by atoms with Crippen LogP contribution < -0.4 is 34.5 Å². The van der Waals surface area contributed by atoms with Crippen LogP contribution in [0.15, 0.2) is 83.1 Å². The van der Waals surface area contributed by atoms with Crippen LogP contribution in [0.3, 0.4) is 0 Å². The van der Waals surface area contributed by atoms with Crippen LogP contribution in [-0.2, 0) is 14.9 Å². The molecule has 0 aromatic heterocycles. The van der Waals surface area contributed by atoms with Gasteiger partial charge in [0.15, 0.2) is 0 Å². The number of hydrogen-bond donors (Lipinski definition) is 0. The van der Waals surface area contributed by atoms with Gasteiger partial charge in [-0.25, -0.2) is 8.42 Å². The van der Waals surface area contributed by atoms with E-state index in [4.69, 9.17) is 4.74 Å². The van der Waals surface area contributed by atoms with Crippen LogP contribution in [0.2, 0.25) is 0 Å². The van der Waals surface area contributed by atoms with E-state index in [0.29, 0.717) is 13.2 Å². The Kier molecular flexibility index (Phi) is 11.5. The first-order valence-corrected chi connectivity index (χ1v) is 15.2. The first-order valence-electron chi connectivity index (χ1n) is 11.5. The normalized spacial score (nSPS) is 12.5. The molecule has 1 heterocycles. The van der Waals surface area contributed by atoms with Crippen LogP contribution in [0.1, 0.15) is 24.0 Å². The van der Waals surface area contributed by atoms with Gasteiger partial charge in [-0.1, -0.05) is 54.6 Å². The quantitative estimate of drug-likeness (QED) is 0.161. The summed E-state index contributed by atoms with van der Waals surface area (Å²) in [6.45, 7) is 0.830. The first kappa shape index (κ1) is 29.3. The number of para-hydroxylation sites is 3. The molecule has 0 atom stereocenters. The second-order valence-corrected chi connectivity index (χ2v) is 11.7. The van der Waals surface area contributed by atoms with Crippen molar-refractivity contribution in [2.45, 2.75) is 12.8 Å². The molecule has 4 rings (SSSR count). The summed E-state index contributed by atoms with van der Waals surface area (Å²) in [5.41, 5.74) is 7.13. The summed E-state index contributed by atoms with van der Waals surface area (Å²) in [5, 5.41) is 0. The molecule has 184 valence electrons. The van der Waals surface area contributed by atoms with Gasteiger partial charge in [0, 0.05) is 51.3 Å². The molecule has 36 heavy (non-hydrogen) atoms. The maximum Gasteiger partial charge on any atom is 1.00 e. The number of rotatable bonds is 11. The summed E-state index contributed by atoms with van der Waals surface area (Å²) in [6.07, 6.45) is 3.19. The minimum absolute atomic E-state index is 0. The van der Waals surface area contributed by atoms with Crippen molar-refractivity contribution in [2.75, 3.05) is 35.9 Å². The average molecular weight is 550 g/mol. The zero-order valence-corrected chi connectivity index (χ0v) is 25.0. The minimum Gasteiger partial charge on any atom is -0.748 e. The van der Waals surface area contributed by atoms with Crippen LogP contribution in [0.4, 0.5) is 17.1 Å². The second kappa shape index (κ2) is 14.1. The summed E-state index contributed by atoms with van der Waals surface area (Å²) >= 11 is 3.58. The predicted molar refractivity (Wildman–Crippen MR) is 148 cm³/mol. The number of fused-ring (bicyclic) bond motifs is 2. The number of hydrogen-bond acceptors (Lipinski definition) is 7. The van der Waals surface area contributed by atoms with E-state index < -0.39 is 10.1 Å². The van der Waals surface area contributed by atoms with Crippen molar-refractivity contribution in [1.29, 1.82) is 0 Å². The standard InChI is InChI=1S/C27H29NO4S3.Na/c1-33-27(34-19-9-17-32-18-10-20-35(29,30)31)26-22-13-5-7-15-24(22)28(21-11-3-2-4-12-21)25-16-8-6-14-23(25)26;/h2-8,11-16H,9-10,17-20H2,1H3,(H,29,30,31);/q;+1/p-1. The molecule has 0 spiro atoms. The topological polar surface area (TPSA) is 69.7 Å². The van der Waals surface area contributed by atoms with Crippen molar-refractivity contribution < 1.29 is 47.3 Å². The molecule has 0 N–H and O–H groups in total. The SMILES string of the molecule is CSC(SCCCOCCCS(=O)(=O)[O-])=C1c2ccccc2N(c2ccccc2)c2ccccc21.[Na+]. The Labute approximate surface area is 244 Å². The number of benzene rings is 3. The summed E-state index contributed by atoms with van der Waals surface area (Å²) in [5.74, 6) is 0.509. The molecule has 0 unspecified atom stereocenters. The van der Waals surface area contributed by atoms with Gasteiger partial charge in [0.1, 0.15) is 0 Å². The van der Waals surface area contributed by atoms with E-state index >= 15 is 0 Å². The summed E-state index contributed by atoms with van der Waals surface area (Å²) in [7, 11) is -4.17. The molecule has 0 bridgehead atoms. The van der Waals surface area contributed by atoms with Crippen LogP contribution in [-0.4, -0.2) is 43.9 Å². The molecule has 0 saturated heterocycles. The van der Waals surface area contributed by atoms with Gasteiger partial charge >= 0.3 is 29.6 Å². The van der Waals surface area contributed by atoms with Gasteiger partial charge < -0.3 is 14.2 Å². The van der Waals surface area contributed by atoms with Gasteiger partial charge in [-0.15, -0.1) is 23.5 Å². The number of nitrogens with zero attached hydrogens (tertiary/aromatic N) is 1. The Morgan fingerprint density at radius 1 is 0.861 bits per heavy atom. The summed E-state index contributed by atoms with van der Waals surface area (Å²) < 4.78 is 38.8. The molecular formula is C27H28NNaO4S3. The van der Waals surface area contributed by atoms with Crippen molar-refractivity contribution in [1.82, 2.24) is 0 Å². The minimum atomic E-state index is -4.17. The van der Waals surface area contributed by atoms with Gasteiger partial charge in [0.2, 0.25) is 0 Å². The van der Waals surface area contributed by atoms with Gasteiger partial charge in [-0.3, -0.25) is 0 Å². The predicted octanol–water partition coefficient (Wildman–Crippen LogP) is 3.63. The van der Waals surface area contributed by atoms with Gasteiger partial charge in [0.25, 0.3) is 0 Å². The van der Waals surface area contributed by atoms with Crippen molar-refractivity contribution in [3.05, 3.63) is 94.2 Å². The third-order valence-electron chi connectivity index (χ3n) is 5.58. The molecule has 1 aliphatic heterocycles. The Hall–Kier alpha value is -1.23. The third kappa shape index (κ3) is 7.42. The molecular weight excluding hydrogens is 521 g/mol. The first-order chi connectivity index (χ1) is 17.0. The van der Waals surface area contributed by atoms with Gasteiger partial charge in [-0.05, 0) is 43.4 Å². The maximum atomic E-state index is 10.7. The molecule has 0 aliphatic carbocycles. The second-order valence-electron chi connectivity index (χ2n) is 8.00. The Morgan fingerprint density at radius 3 is 2.00 bits per heavy atom. The fourth-order valence-electron chi connectivity index (χ4n) is 4.11. The van der Waals surface area contributed by atoms with E-state index in [1.807, 2.05) is 17.8 Å². The van der Waals surface area contributed by atoms with Crippen molar-refractivity contribution in [3.63, 3.8) is 0 Å². The molecule has 9 heteroatoms. The van der Waals surface area contributed by atoms with Gasteiger partial charge in [-0.2, -0.15) is 0 Å². The third-order valence-corrected chi connectivity index (χ3v) is 8.76. The Bertz CT molecular complexity index is 1230. The Morgan fingerprint density at radius 2 is 1.42 bits per heavy atom. The molecule has 0 amide bonds. The zero-order valence-electron chi connectivity index (χ0n) is 20.6. The van der Waals surface area contributed by atoms with E-state index in [2.05, 4.69) is 84.0 Å². The van der Waals surface area contributed by atoms with E-state index in [-0.39, 0.29) is 41.7 Å². The van der Waals surface area contributed by atoms with Crippen LogP contribution >= 0.6 is 23.5 Å². The summed E-state index contributed by atoms with van der Waals surface area (Å²) in [6, 6.07) is 27.5. The smallest absolute Gasteiger partial charge is 0.748 e. The van der Waals surface area contributed by atoms with Crippen molar-refractivity contribution in [3.8, 4) is 0 Å². The van der Waals surface area contributed by atoms with E-state index in [9.17, 15) is 13.0 Å². The van der Waals surface area contributed by atoms with Crippen LogP contribution in [0.5, 0.6) is 0 Å². The molecule has 3 aromatic rings. The zero-order chi connectivity index (χ0) is 24.7. The molecule has 1 aliphatic rings. The fraction of sp³-hybridized carbons (Fsp3) is 0.259. The van der Waals surface area contributed by atoms with Crippen LogP contribution in [0.25, 0.3) is 5.57 Å². The van der Waals surface area contributed by atoms with E-state index in [0.717, 1.165) is 29.2 Å². The summed E-state index contributed by atoms with van der Waals surface area (Å²) in [4.78, 5) is 2.33. The number of anilines is 3. The number of ether oxygens (including phenoxy) is 1. The molecule has 3 aromatic carbocycles. The van der Waals surface area contributed by atoms with E-state index in [1.54, 1.807) is 11.8 Å². The van der Waals surface area contributed by atoms with E-state index in [1.165, 1.54) is 20.9 Å². The molecule has 0 fully saturated rings.